The summed E-state index contributed by atoms with van der Waals surface area (Å²) >= 11 is 0. The van der Waals surface area contributed by atoms with E-state index in [1.54, 1.807) is 0 Å². The van der Waals surface area contributed by atoms with E-state index in [1.165, 1.54) is 0 Å². The summed E-state index contributed by atoms with van der Waals surface area (Å²) in [6.45, 7) is 7.54. The first-order valence-corrected chi connectivity index (χ1v) is 6.64. The molecule has 1 aromatic carbocycles. The lowest BCUT2D eigenvalue weighted by Gasteiger charge is -2.31. The number of hydrogen-bond donors (Lipinski definition) is 1. The Morgan fingerprint density at radius 3 is 2.05 bits per heavy atom. The van der Waals surface area contributed by atoms with Crippen molar-refractivity contribution in [2.24, 2.45) is 11.7 Å². The van der Waals surface area contributed by atoms with E-state index >= 15 is 0 Å². The fourth-order valence-corrected chi connectivity index (χ4v) is 3.24. The highest BCUT2D eigenvalue weighted by molar-refractivity contribution is 5.26. The van der Waals surface area contributed by atoms with Crippen LogP contribution in [0.25, 0.3) is 0 Å². The van der Waals surface area contributed by atoms with E-state index in [9.17, 15) is 13.2 Å². The van der Waals surface area contributed by atoms with E-state index in [0.29, 0.717) is 18.6 Å². The Hall–Kier alpha value is -1.07. The van der Waals surface area contributed by atoms with Crippen LogP contribution in [-0.4, -0.2) is 11.2 Å². The van der Waals surface area contributed by atoms with E-state index in [0.717, 1.165) is 0 Å². The Kier molecular flexibility index (Phi) is 3.63. The fourth-order valence-electron chi connectivity index (χ4n) is 3.24. The zero-order valence-corrected chi connectivity index (χ0v) is 12.1. The van der Waals surface area contributed by atoms with E-state index in [-0.39, 0.29) is 11.5 Å². The quantitative estimate of drug-likeness (QED) is 0.900. The average Bonchev–Trinajstić information content (AvgIpc) is 2.44. The van der Waals surface area contributed by atoms with Gasteiger partial charge in [0, 0.05) is 29.7 Å². The van der Waals surface area contributed by atoms with Crippen LogP contribution in [0.3, 0.4) is 0 Å². The summed E-state index contributed by atoms with van der Waals surface area (Å²) in [7, 11) is 0. The second-order valence-corrected chi connectivity index (χ2v) is 6.58. The number of rotatable bonds is 2. The number of nitrogens with two attached hydrogens (primary N) is 1. The van der Waals surface area contributed by atoms with Crippen molar-refractivity contribution >= 4 is 0 Å². The minimum Gasteiger partial charge on any atom is -0.369 e. The lowest BCUT2D eigenvalue weighted by molar-refractivity contribution is -0.0768. The maximum atomic E-state index is 13.9. The van der Waals surface area contributed by atoms with E-state index < -0.39 is 34.7 Å². The number of halogens is 3. The molecule has 0 aliphatic carbocycles. The first kappa shape index (κ1) is 15.3. The van der Waals surface area contributed by atoms with Crippen molar-refractivity contribution < 1.29 is 17.9 Å². The van der Waals surface area contributed by atoms with Gasteiger partial charge in [-0.1, -0.05) is 0 Å². The monoisotopic (exact) mass is 287 g/mol. The zero-order chi connectivity index (χ0) is 15.3. The molecule has 2 unspecified atom stereocenters. The molecule has 0 spiro atoms. The van der Waals surface area contributed by atoms with Gasteiger partial charge in [-0.15, -0.1) is 0 Å². The normalized spacial score (nSPS) is 25.7. The smallest absolute Gasteiger partial charge is 0.133 e. The number of benzene rings is 1. The molecule has 2 rings (SSSR count). The van der Waals surface area contributed by atoms with Gasteiger partial charge in [-0.2, -0.15) is 0 Å². The summed E-state index contributed by atoms with van der Waals surface area (Å²) in [6, 6.07) is 0.436. The van der Waals surface area contributed by atoms with Crippen LogP contribution in [-0.2, 0) is 4.74 Å². The Labute approximate surface area is 117 Å². The molecule has 1 fully saturated rings. The van der Waals surface area contributed by atoms with Crippen LogP contribution >= 0.6 is 0 Å². The predicted octanol–water partition coefficient (Wildman–Crippen LogP) is 3.70. The first-order chi connectivity index (χ1) is 9.03. The van der Waals surface area contributed by atoms with Gasteiger partial charge in [0.2, 0.25) is 0 Å². The fraction of sp³-hybridized carbons (Fsp3) is 0.600. The van der Waals surface area contributed by atoms with Gasteiger partial charge >= 0.3 is 0 Å². The van der Waals surface area contributed by atoms with Gasteiger partial charge in [0.1, 0.15) is 17.5 Å². The molecule has 1 aromatic rings. The standard InChI is InChI=1S/C15H20F3NO/c1-14(2)7-9(15(3,4)20-14)13(19)12-10(17)5-8(16)6-11(12)18/h5-6,9,13H,7,19H2,1-4H3. The molecule has 2 atom stereocenters. The van der Waals surface area contributed by atoms with Gasteiger partial charge in [0.05, 0.1) is 11.2 Å². The van der Waals surface area contributed by atoms with Gasteiger partial charge in [-0.3, -0.25) is 0 Å². The number of ether oxygens (including phenoxy) is 1. The van der Waals surface area contributed by atoms with Crippen LogP contribution in [0.2, 0.25) is 0 Å². The summed E-state index contributed by atoms with van der Waals surface area (Å²) in [5.74, 6) is -3.10. The molecule has 0 aromatic heterocycles. The molecule has 5 heteroatoms. The maximum Gasteiger partial charge on any atom is 0.133 e. The molecule has 2 nitrogen and oxygen atoms in total. The van der Waals surface area contributed by atoms with Crippen molar-refractivity contribution in [3.8, 4) is 0 Å². The second-order valence-electron chi connectivity index (χ2n) is 6.58. The highest BCUT2D eigenvalue weighted by Gasteiger charge is 2.49. The lowest BCUT2D eigenvalue weighted by atomic mass is 9.79. The van der Waals surface area contributed by atoms with Crippen molar-refractivity contribution in [3.05, 3.63) is 35.1 Å². The largest absolute Gasteiger partial charge is 0.369 e. The Bertz CT molecular complexity index is 505. The van der Waals surface area contributed by atoms with E-state index in [4.69, 9.17) is 10.5 Å². The minimum atomic E-state index is -0.949. The lowest BCUT2D eigenvalue weighted by Crippen LogP contribution is -2.36. The van der Waals surface area contributed by atoms with Crippen LogP contribution in [0, 0.1) is 23.4 Å². The van der Waals surface area contributed by atoms with Crippen molar-refractivity contribution in [2.75, 3.05) is 0 Å². The zero-order valence-electron chi connectivity index (χ0n) is 12.1. The van der Waals surface area contributed by atoms with Crippen molar-refractivity contribution in [1.82, 2.24) is 0 Å². The summed E-state index contributed by atoms with van der Waals surface area (Å²) in [6.07, 6.45) is 0.581. The molecule has 20 heavy (non-hydrogen) atoms. The van der Waals surface area contributed by atoms with Gasteiger partial charge in [-0.25, -0.2) is 13.2 Å². The summed E-state index contributed by atoms with van der Waals surface area (Å²) in [4.78, 5) is 0. The van der Waals surface area contributed by atoms with E-state index in [2.05, 4.69) is 0 Å². The molecule has 2 N–H and O–H groups in total. The van der Waals surface area contributed by atoms with Crippen molar-refractivity contribution in [1.29, 1.82) is 0 Å². The van der Waals surface area contributed by atoms with E-state index in [1.807, 2.05) is 27.7 Å². The van der Waals surface area contributed by atoms with Gasteiger partial charge in [-0.05, 0) is 34.1 Å². The molecule has 1 aliphatic rings. The first-order valence-electron chi connectivity index (χ1n) is 6.64. The summed E-state index contributed by atoms with van der Waals surface area (Å²) < 4.78 is 46.6. The average molecular weight is 287 g/mol. The summed E-state index contributed by atoms with van der Waals surface area (Å²) in [5.41, 5.74) is 4.79. The number of hydrogen-bond acceptors (Lipinski definition) is 2. The topological polar surface area (TPSA) is 35.2 Å². The molecular weight excluding hydrogens is 267 g/mol. The summed E-state index contributed by atoms with van der Waals surface area (Å²) in [5, 5.41) is 0. The molecule has 1 heterocycles. The van der Waals surface area contributed by atoms with Crippen LogP contribution in [0.4, 0.5) is 13.2 Å². The minimum absolute atomic E-state index is 0.257. The van der Waals surface area contributed by atoms with Crippen LogP contribution < -0.4 is 5.73 Å². The molecule has 112 valence electrons. The highest BCUT2D eigenvalue weighted by atomic mass is 19.1. The van der Waals surface area contributed by atoms with Crippen LogP contribution in [0.15, 0.2) is 12.1 Å². The third-order valence-corrected chi connectivity index (χ3v) is 3.95. The highest BCUT2D eigenvalue weighted by Crippen LogP contribution is 2.47. The van der Waals surface area contributed by atoms with Crippen LogP contribution in [0.1, 0.15) is 45.7 Å². The van der Waals surface area contributed by atoms with Crippen LogP contribution in [0.5, 0.6) is 0 Å². The van der Waals surface area contributed by atoms with Crippen molar-refractivity contribution in [3.63, 3.8) is 0 Å². The SMILES string of the molecule is CC1(C)CC(C(N)c2c(F)cc(F)cc2F)C(C)(C)O1. The Balaban J connectivity index is 2.40. The Morgan fingerprint density at radius 2 is 1.65 bits per heavy atom. The molecule has 1 saturated heterocycles. The third kappa shape index (κ3) is 2.69. The van der Waals surface area contributed by atoms with Gasteiger partial charge in [0.15, 0.2) is 0 Å². The molecule has 1 aliphatic heterocycles. The molecule has 0 bridgehead atoms. The van der Waals surface area contributed by atoms with Gasteiger partial charge < -0.3 is 10.5 Å². The third-order valence-electron chi connectivity index (χ3n) is 3.95. The maximum absolute atomic E-state index is 13.9. The second kappa shape index (κ2) is 4.74. The molecular formula is C15H20F3NO. The van der Waals surface area contributed by atoms with Gasteiger partial charge in [0.25, 0.3) is 0 Å². The Morgan fingerprint density at radius 1 is 1.15 bits per heavy atom. The van der Waals surface area contributed by atoms with Crippen molar-refractivity contribution in [2.45, 2.75) is 51.4 Å². The molecule has 0 radical (unpaired) electrons. The predicted molar refractivity (Wildman–Crippen MR) is 70.6 cm³/mol. The molecule has 0 amide bonds. The molecule has 0 saturated carbocycles.